The Kier molecular flexibility index (Phi) is 4.02. The fourth-order valence-corrected chi connectivity index (χ4v) is 1.99. The zero-order valence-electron chi connectivity index (χ0n) is 10.6. The Morgan fingerprint density at radius 3 is 2.74 bits per heavy atom. The molecule has 5 heteroatoms. The molecule has 2 aromatic rings. The third kappa shape index (κ3) is 3.45. The van der Waals surface area contributed by atoms with Gasteiger partial charge in [0.1, 0.15) is 17.3 Å². The highest BCUT2D eigenvalue weighted by Crippen LogP contribution is 2.16. The average molecular weight is 275 g/mol. The van der Waals surface area contributed by atoms with Crippen LogP contribution in [0.2, 0.25) is 5.02 Å². The van der Waals surface area contributed by atoms with Crippen LogP contribution in [0.25, 0.3) is 0 Å². The van der Waals surface area contributed by atoms with Gasteiger partial charge in [-0.05, 0) is 29.8 Å². The van der Waals surface area contributed by atoms with E-state index >= 15 is 0 Å². The molecule has 1 aromatic heterocycles. The number of pyridine rings is 1. The summed E-state index contributed by atoms with van der Waals surface area (Å²) in [5.41, 5.74) is 7.02. The quantitative estimate of drug-likeness (QED) is 0.665. The lowest BCUT2D eigenvalue weighted by atomic mass is 10.2. The largest absolute Gasteiger partial charge is 0.382 e. The van der Waals surface area contributed by atoms with E-state index in [4.69, 9.17) is 22.7 Å². The van der Waals surface area contributed by atoms with Crippen molar-refractivity contribution in [1.82, 2.24) is 4.98 Å². The molecule has 0 aliphatic heterocycles. The minimum atomic E-state index is -0.0296. The van der Waals surface area contributed by atoms with Gasteiger partial charge in [-0.1, -0.05) is 29.8 Å². The van der Waals surface area contributed by atoms with E-state index < -0.39 is 0 Å². The molecule has 4 nitrogen and oxygen atoms in total. The second-order valence-electron chi connectivity index (χ2n) is 4.28. The Morgan fingerprint density at radius 2 is 2.05 bits per heavy atom. The molecule has 0 bridgehead atoms. The number of hydrogen-bond acceptors (Lipinski definition) is 3. The number of nitrogens with two attached hydrogens (primary N) is 1. The van der Waals surface area contributed by atoms with E-state index in [1.54, 1.807) is 6.07 Å². The Hall–Kier alpha value is -2.07. The standard InChI is InChI=1S/C14H15ClN4/c1-19(9-10-4-2-5-11(15)8-10)13-7-3-6-12(18-13)14(16)17/h2-8H,9H2,1H3,(H3,16,17). The van der Waals surface area contributed by atoms with Crippen LogP contribution in [0.15, 0.2) is 42.5 Å². The fraction of sp³-hybridized carbons (Fsp3) is 0.143. The highest BCUT2D eigenvalue weighted by atomic mass is 35.5. The zero-order chi connectivity index (χ0) is 13.8. The minimum absolute atomic E-state index is 0.0296. The smallest absolute Gasteiger partial charge is 0.141 e. The van der Waals surface area contributed by atoms with Gasteiger partial charge >= 0.3 is 0 Å². The van der Waals surface area contributed by atoms with Crippen molar-refractivity contribution in [1.29, 1.82) is 5.41 Å². The lowest BCUT2D eigenvalue weighted by molar-refractivity contribution is 0.896. The molecule has 0 spiro atoms. The summed E-state index contributed by atoms with van der Waals surface area (Å²) in [4.78, 5) is 6.32. The number of rotatable bonds is 4. The molecular formula is C14H15ClN4. The van der Waals surface area contributed by atoms with Crippen LogP contribution in [-0.4, -0.2) is 17.9 Å². The van der Waals surface area contributed by atoms with Gasteiger partial charge in [-0.15, -0.1) is 0 Å². The van der Waals surface area contributed by atoms with Crippen molar-refractivity contribution < 1.29 is 0 Å². The number of aromatic nitrogens is 1. The number of benzene rings is 1. The van der Waals surface area contributed by atoms with E-state index in [1.165, 1.54) is 0 Å². The summed E-state index contributed by atoms with van der Waals surface area (Å²) < 4.78 is 0. The van der Waals surface area contributed by atoms with E-state index in [1.807, 2.05) is 48.3 Å². The molecule has 0 unspecified atom stereocenters. The maximum atomic E-state index is 7.40. The molecule has 0 amide bonds. The molecule has 1 aromatic carbocycles. The van der Waals surface area contributed by atoms with Gasteiger partial charge in [-0.25, -0.2) is 4.98 Å². The molecule has 0 fully saturated rings. The zero-order valence-corrected chi connectivity index (χ0v) is 11.4. The Morgan fingerprint density at radius 1 is 1.32 bits per heavy atom. The van der Waals surface area contributed by atoms with E-state index in [9.17, 15) is 0 Å². The maximum Gasteiger partial charge on any atom is 0.141 e. The molecule has 19 heavy (non-hydrogen) atoms. The SMILES string of the molecule is CN(Cc1cccc(Cl)c1)c1cccc(C(=N)N)n1. The summed E-state index contributed by atoms with van der Waals surface area (Å²) in [6, 6.07) is 13.2. The van der Waals surface area contributed by atoms with Crippen molar-refractivity contribution in [2.45, 2.75) is 6.54 Å². The van der Waals surface area contributed by atoms with E-state index in [-0.39, 0.29) is 5.84 Å². The number of hydrogen-bond donors (Lipinski definition) is 2. The maximum absolute atomic E-state index is 7.40. The lowest BCUT2D eigenvalue weighted by Crippen LogP contribution is -2.20. The second kappa shape index (κ2) is 5.71. The van der Waals surface area contributed by atoms with Crippen LogP contribution < -0.4 is 10.6 Å². The predicted octanol–water partition coefficient (Wildman–Crippen LogP) is 2.66. The number of halogens is 1. The molecular weight excluding hydrogens is 260 g/mol. The minimum Gasteiger partial charge on any atom is -0.382 e. The van der Waals surface area contributed by atoms with Gasteiger partial charge in [0.05, 0.1) is 0 Å². The van der Waals surface area contributed by atoms with E-state index in [0.29, 0.717) is 12.2 Å². The number of nitrogen functional groups attached to an aromatic ring is 1. The van der Waals surface area contributed by atoms with Crippen molar-refractivity contribution in [2.75, 3.05) is 11.9 Å². The average Bonchev–Trinajstić information content (AvgIpc) is 2.39. The topological polar surface area (TPSA) is 66.0 Å². The number of nitrogens with zero attached hydrogens (tertiary/aromatic N) is 2. The third-order valence-corrected chi connectivity index (χ3v) is 2.95. The Labute approximate surface area is 117 Å². The molecule has 0 saturated carbocycles. The summed E-state index contributed by atoms with van der Waals surface area (Å²) in [7, 11) is 1.94. The van der Waals surface area contributed by atoms with Crippen molar-refractivity contribution >= 4 is 23.3 Å². The van der Waals surface area contributed by atoms with Crippen LogP contribution in [0.5, 0.6) is 0 Å². The summed E-state index contributed by atoms with van der Waals surface area (Å²) in [5, 5.41) is 8.12. The molecule has 98 valence electrons. The van der Waals surface area contributed by atoms with E-state index in [2.05, 4.69) is 4.98 Å². The summed E-state index contributed by atoms with van der Waals surface area (Å²) in [6.07, 6.45) is 0. The summed E-state index contributed by atoms with van der Waals surface area (Å²) >= 11 is 5.96. The van der Waals surface area contributed by atoms with Crippen molar-refractivity contribution in [2.24, 2.45) is 5.73 Å². The van der Waals surface area contributed by atoms with Gasteiger partial charge in [0.25, 0.3) is 0 Å². The van der Waals surface area contributed by atoms with Gasteiger partial charge in [-0.3, -0.25) is 5.41 Å². The highest BCUT2D eigenvalue weighted by molar-refractivity contribution is 6.30. The molecule has 0 aliphatic carbocycles. The number of amidine groups is 1. The highest BCUT2D eigenvalue weighted by Gasteiger charge is 2.06. The molecule has 0 aliphatic rings. The van der Waals surface area contributed by atoms with Gasteiger partial charge in [0.2, 0.25) is 0 Å². The van der Waals surface area contributed by atoms with Crippen LogP contribution in [0.4, 0.5) is 5.82 Å². The monoisotopic (exact) mass is 274 g/mol. The van der Waals surface area contributed by atoms with Crippen molar-refractivity contribution in [3.63, 3.8) is 0 Å². The third-order valence-electron chi connectivity index (χ3n) is 2.71. The van der Waals surface area contributed by atoms with Gasteiger partial charge in [-0.2, -0.15) is 0 Å². The predicted molar refractivity (Wildman–Crippen MR) is 78.8 cm³/mol. The Balaban J connectivity index is 2.18. The molecule has 0 radical (unpaired) electrons. The van der Waals surface area contributed by atoms with Crippen molar-refractivity contribution in [3.05, 3.63) is 58.7 Å². The summed E-state index contributed by atoms with van der Waals surface area (Å²) in [6.45, 7) is 0.689. The molecule has 0 atom stereocenters. The first-order valence-corrected chi connectivity index (χ1v) is 6.21. The number of anilines is 1. The second-order valence-corrected chi connectivity index (χ2v) is 4.72. The summed E-state index contributed by atoms with van der Waals surface area (Å²) in [5.74, 6) is 0.741. The Bertz CT molecular complexity index is 598. The van der Waals surface area contributed by atoms with Crippen LogP contribution in [0.3, 0.4) is 0 Å². The molecule has 1 heterocycles. The van der Waals surface area contributed by atoms with Gasteiger partial charge in [0.15, 0.2) is 0 Å². The first kappa shape index (κ1) is 13.4. The first-order valence-electron chi connectivity index (χ1n) is 5.83. The first-order chi connectivity index (χ1) is 9.06. The van der Waals surface area contributed by atoms with Crippen molar-refractivity contribution in [3.8, 4) is 0 Å². The van der Waals surface area contributed by atoms with E-state index in [0.717, 1.165) is 16.4 Å². The van der Waals surface area contributed by atoms with Crippen LogP contribution in [0.1, 0.15) is 11.3 Å². The van der Waals surface area contributed by atoms with Crippen LogP contribution in [-0.2, 0) is 6.54 Å². The molecule has 0 saturated heterocycles. The number of nitrogens with one attached hydrogen (secondary N) is 1. The van der Waals surface area contributed by atoms with Crippen LogP contribution >= 0.6 is 11.6 Å². The van der Waals surface area contributed by atoms with Gasteiger partial charge < -0.3 is 10.6 Å². The lowest BCUT2D eigenvalue weighted by Gasteiger charge is -2.18. The normalized spacial score (nSPS) is 10.2. The fourth-order valence-electron chi connectivity index (χ4n) is 1.78. The molecule has 2 rings (SSSR count). The van der Waals surface area contributed by atoms with Crippen LogP contribution in [0, 0.1) is 5.41 Å². The molecule has 3 N–H and O–H groups in total. The van der Waals surface area contributed by atoms with Gasteiger partial charge in [0, 0.05) is 18.6 Å².